The van der Waals surface area contributed by atoms with Crippen molar-refractivity contribution in [1.29, 1.82) is 0 Å². The summed E-state index contributed by atoms with van der Waals surface area (Å²) < 4.78 is 41.4. The number of hydrogen-bond acceptors (Lipinski definition) is 4. The van der Waals surface area contributed by atoms with Gasteiger partial charge in [-0.15, -0.1) is 0 Å². The number of carbonyl (C=O) groups is 1. The Hall–Kier alpha value is -1.57. The molecule has 1 N–H and O–H groups in total. The number of halogens is 3. The Balaban J connectivity index is 2.00. The van der Waals surface area contributed by atoms with Crippen LogP contribution in [-0.4, -0.2) is 41.1 Å². The Morgan fingerprint density at radius 2 is 2.14 bits per heavy atom. The molecule has 0 radical (unpaired) electrons. The lowest BCUT2D eigenvalue weighted by Crippen LogP contribution is -2.40. The first-order valence-electron chi connectivity index (χ1n) is 6.77. The summed E-state index contributed by atoms with van der Waals surface area (Å²) in [7, 11) is 0. The Labute approximate surface area is 120 Å². The summed E-state index contributed by atoms with van der Waals surface area (Å²) in [5.74, 6) is -1.68. The number of aromatic nitrogens is 1. The average Bonchev–Trinajstić information content (AvgIpc) is 2.96. The van der Waals surface area contributed by atoms with Crippen molar-refractivity contribution >= 4 is 5.91 Å². The van der Waals surface area contributed by atoms with E-state index in [2.05, 4.69) is 33.7 Å². The van der Waals surface area contributed by atoms with E-state index in [0.717, 1.165) is 6.54 Å². The molecule has 1 saturated heterocycles. The van der Waals surface area contributed by atoms with E-state index in [-0.39, 0.29) is 17.7 Å². The van der Waals surface area contributed by atoms with E-state index in [1.54, 1.807) is 0 Å². The van der Waals surface area contributed by atoms with Crippen LogP contribution in [-0.2, 0) is 6.18 Å². The maximum atomic E-state index is 12.4. The fourth-order valence-corrected chi connectivity index (χ4v) is 2.37. The van der Waals surface area contributed by atoms with Crippen molar-refractivity contribution in [3.05, 3.63) is 17.5 Å². The second-order valence-electron chi connectivity index (χ2n) is 5.68. The van der Waals surface area contributed by atoms with Gasteiger partial charge in [0.1, 0.15) is 0 Å². The van der Waals surface area contributed by atoms with Crippen molar-refractivity contribution in [2.45, 2.75) is 39.0 Å². The average molecular weight is 305 g/mol. The van der Waals surface area contributed by atoms with Crippen LogP contribution in [0.2, 0.25) is 0 Å². The van der Waals surface area contributed by atoms with E-state index in [1.807, 2.05) is 6.92 Å². The molecule has 1 unspecified atom stereocenters. The zero-order chi connectivity index (χ0) is 15.8. The molecule has 2 heterocycles. The molecule has 2 atom stereocenters. The van der Waals surface area contributed by atoms with Gasteiger partial charge in [-0.25, -0.2) is 0 Å². The third kappa shape index (κ3) is 3.55. The number of rotatable bonds is 3. The number of amides is 1. The van der Waals surface area contributed by atoms with Crippen LogP contribution in [0.1, 0.15) is 37.0 Å². The van der Waals surface area contributed by atoms with Crippen LogP contribution in [0.5, 0.6) is 0 Å². The number of hydrogen-bond donors (Lipinski definition) is 1. The second kappa shape index (κ2) is 5.67. The first-order chi connectivity index (χ1) is 9.68. The van der Waals surface area contributed by atoms with Gasteiger partial charge in [0.05, 0.1) is 0 Å². The number of alkyl halides is 3. The first kappa shape index (κ1) is 15.8. The summed E-state index contributed by atoms with van der Waals surface area (Å²) in [5.41, 5.74) is -0.350. The monoisotopic (exact) mass is 305 g/mol. The van der Waals surface area contributed by atoms with Gasteiger partial charge in [-0.1, -0.05) is 12.1 Å². The number of carbonyl (C=O) groups excluding carboxylic acids is 1. The number of nitrogens with zero attached hydrogens (tertiary/aromatic N) is 2. The molecule has 1 aromatic heterocycles. The van der Waals surface area contributed by atoms with E-state index >= 15 is 0 Å². The molecule has 1 aromatic rings. The smallest absolute Gasteiger partial charge is 0.351 e. The molecule has 0 bridgehead atoms. The predicted molar refractivity (Wildman–Crippen MR) is 68.6 cm³/mol. The molecule has 0 spiro atoms. The van der Waals surface area contributed by atoms with Gasteiger partial charge in [-0.05, 0) is 19.8 Å². The zero-order valence-corrected chi connectivity index (χ0v) is 12.1. The standard InChI is InChI=1S/C13H18F3N3O2/c1-7(2)19-5-8(3)10(6-19)17-12(20)9-4-11(21-18-9)13(14,15)16/h4,7-8,10H,5-6H2,1-3H3,(H,17,20)/t8?,10-/m1/s1. The predicted octanol–water partition coefficient (Wildman–Crippen LogP) is 2.15. The molecular formula is C13H18F3N3O2. The number of likely N-dealkylation sites (tertiary alicyclic amines) is 1. The molecule has 0 saturated carbocycles. The van der Waals surface area contributed by atoms with E-state index in [0.29, 0.717) is 18.7 Å². The molecule has 1 amide bonds. The normalized spacial score (nSPS) is 23.8. The minimum Gasteiger partial charge on any atom is -0.351 e. The molecule has 118 valence electrons. The molecule has 0 aliphatic carbocycles. The van der Waals surface area contributed by atoms with E-state index in [4.69, 9.17) is 0 Å². The molecular weight excluding hydrogens is 287 g/mol. The molecule has 8 heteroatoms. The van der Waals surface area contributed by atoms with Gasteiger partial charge < -0.3 is 9.84 Å². The van der Waals surface area contributed by atoms with Crippen molar-refractivity contribution in [3.8, 4) is 0 Å². The Kier molecular flexibility index (Phi) is 4.27. The highest BCUT2D eigenvalue weighted by atomic mass is 19.4. The largest absolute Gasteiger partial charge is 0.452 e. The van der Waals surface area contributed by atoms with Crippen LogP contribution in [0.15, 0.2) is 10.6 Å². The summed E-state index contributed by atoms with van der Waals surface area (Å²) in [4.78, 5) is 14.2. The highest BCUT2D eigenvalue weighted by molar-refractivity contribution is 5.92. The topological polar surface area (TPSA) is 58.4 Å². The summed E-state index contributed by atoms with van der Waals surface area (Å²) >= 11 is 0. The van der Waals surface area contributed by atoms with Crippen molar-refractivity contribution in [1.82, 2.24) is 15.4 Å². The van der Waals surface area contributed by atoms with Crippen molar-refractivity contribution < 1.29 is 22.5 Å². The van der Waals surface area contributed by atoms with Crippen LogP contribution in [0, 0.1) is 5.92 Å². The first-order valence-corrected chi connectivity index (χ1v) is 6.77. The summed E-state index contributed by atoms with van der Waals surface area (Å²) in [5, 5.41) is 5.91. The van der Waals surface area contributed by atoms with Crippen LogP contribution < -0.4 is 5.32 Å². The fourth-order valence-electron chi connectivity index (χ4n) is 2.37. The molecule has 0 aromatic carbocycles. The zero-order valence-electron chi connectivity index (χ0n) is 12.1. The van der Waals surface area contributed by atoms with Gasteiger partial charge in [0, 0.05) is 31.2 Å². The summed E-state index contributed by atoms with van der Waals surface area (Å²) in [6.07, 6.45) is -4.64. The van der Waals surface area contributed by atoms with Crippen molar-refractivity contribution in [2.24, 2.45) is 5.92 Å². The van der Waals surface area contributed by atoms with Crippen LogP contribution >= 0.6 is 0 Å². The van der Waals surface area contributed by atoms with Crippen molar-refractivity contribution in [2.75, 3.05) is 13.1 Å². The SMILES string of the molecule is CC1CN(C(C)C)C[C@H]1NC(=O)c1cc(C(F)(F)F)on1. The lowest BCUT2D eigenvalue weighted by molar-refractivity contribution is -0.155. The van der Waals surface area contributed by atoms with Gasteiger partial charge in [0.15, 0.2) is 5.69 Å². The highest BCUT2D eigenvalue weighted by Crippen LogP contribution is 2.29. The molecule has 1 fully saturated rings. The fraction of sp³-hybridized carbons (Fsp3) is 0.692. The van der Waals surface area contributed by atoms with E-state index in [1.165, 1.54) is 0 Å². The van der Waals surface area contributed by atoms with Gasteiger partial charge in [-0.2, -0.15) is 13.2 Å². The van der Waals surface area contributed by atoms with Gasteiger partial charge in [-0.3, -0.25) is 9.69 Å². The maximum Gasteiger partial charge on any atom is 0.452 e. The summed E-state index contributed by atoms with van der Waals surface area (Å²) in [6, 6.07) is 0.874. The quantitative estimate of drug-likeness (QED) is 0.929. The van der Waals surface area contributed by atoms with Gasteiger partial charge in [0.2, 0.25) is 5.76 Å². The van der Waals surface area contributed by atoms with Crippen LogP contribution in [0.4, 0.5) is 13.2 Å². The van der Waals surface area contributed by atoms with Gasteiger partial charge in [0.25, 0.3) is 5.91 Å². The molecule has 2 rings (SSSR count). The molecule has 1 aliphatic rings. The minimum absolute atomic E-state index is 0.106. The Morgan fingerprint density at radius 1 is 1.48 bits per heavy atom. The third-order valence-electron chi connectivity index (χ3n) is 3.71. The third-order valence-corrected chi connectivity index (χ3v) is 3.71. The Morgan fingerprint density at radius 3 is 2.62 bits per heavy atom. The van der Waals surface area contributed by atoms with Crippen LogP contribution in [0.3, 0.4) is 0 Å². The number of nitrogens with one attached hydrogen (secondary N) is 1. The Bertz CT molecular complexity index is 513. The van der Waals surface area contributed by atoms with Crippen molar-refractivity contribution in [3.63, 3.8) is 0 Å². The second-order valence-corrected chi connectivity index (χ2v) is 5.68. The van der Waals surface area contributed by atoms with Crippen LogP contribution in [0.25, 0.3) is 0 Å². The van der Waals surface area contributed by atoms with Gasteiger partial charge >= 0.3 is 6.18 Å². The molecule has 21 heavy (non-hydrogen) atoms. The molecule has 5 nitrogen and oxygen atoms in total. The lowest BCUT2D eigenvalue weighted by atomic mass is 10.1. The lowest BCUT2D eigenvalue weighted by Gasteiger charge is -2.20. The highest BCUT2D eigenvalue weighted by Gasteiger charge is 2.37. The van der Waals surface area contributed by atoms with E-state index < -0.39 is 17.8 Å². The summed E-state index contributed by atoms with van der Waals surface area (Å²) in [6.45, 7) is 7.63. The molecule has 1 aliphatic heterocycles. The minimum atomic E-state index is -4.64. The van der Waals surface area contributed by atoms with E-state index in [9.17, 15) is 18.0 Å². The maximum absolute atomic E-state index is 12.4.